The highest BCUT2D eigenvalue weighted by Gasteiger charge is 2.03. The maximum absolute atomic E-state index is 11.6. The summed E-state index contributed by atoms with van der Waals surface area (Å²) in [5.74, 6) is 1.67. The molecule has 1 aromatic carbocycles. The molecule has 1 amide bonds. The molecule has 1 heterocycles. The summed E-state index contributed by atoms with van der Waals surface area (Å²) in [6, 6.07) is 12.5. The molecule has 2 aromatic rings. The summed E-state index contributed by atoms with van der Waals surface area (Å²) < 4.78 is 11.0. The van der Waals surface area contributed by atoms with Crippen molar-refractivity contribution in [1.29, 1.82) is 0 Å². The number of aromatic nitrogens is 1. The average molecular weight is 388 g/mol. The van der Waals surface area contributed by atoms with Crippen LogP contribution in [-0.4, -0.2) is 37.6 Å². The largest absolute Gasteiger partial charge is 0.484 e. The van der Waals surface area contributed by atoms with Gasteiger partial charge in [0, 0.05) is 18.8 Å². The number of nitrogens with zero attached hydrogens (tertiary/aromatic N) is 1. The minimum Gasteiger partial charge on any atom is -0.484 e. The molecular weight excluding hydrogens is 365 g/mol. The minimum absolute atomic E-state index is 0. The summed E-state index contributed by atoms with van der Waals surface area (Å²) in [6.07, 6.45) is 2.56. The average Bonchev–Trinajstić information content (AvgIpc) is 2.59. The van der Waals surface area contributed by atoms with Crippen LogP contribution in [0.1, 0.15) is 6.42 Å². The SMILES string of the molecule is CNCCCNC(=O)COc1ccc(Oc2ccccn2)cc1.Cl.Cl. The Labute approximate surface area is 160 Å². The Hall–Kier alpha value is -2.02. The number of carbonyl (C=O) groups is 1. The van der Waals surface area contributed by atoms with Gasteiger partial charge in [-0.1, -0.05) is 6.07 Å². The van der Waals surface area contributed by atoms with E-state index in [2.05, 4.69) is 15.6 Å². The second-order valence-corrected chi connectivity index (χ2v) is 4.84. The number of pyridine rings is 1. The van der Waals surface area contributed by atoms with Crippen LogP contribution >= 0.6 is 24.8 Å². The summed E-state index contributed by atoms with van der Waals surface area (Å²) in [7, 11) is 1.88. The lowest BCUT2D eigenvalue weighted by Crippen LogP contribution is -2.30. The van der Waals surface area contributed by atoms with Crippen molar-refractivity contribution >= 4 is 30.7 Å². The molecule has 6 nitrogen and oxygen atoms in total. The first kappa shape index (κ1) is 23.0. The summed E-state index contributed by atoms with van der Waals surface area (Å²) in [6.45, 7) is 1.51. The van der Waals surface area contributed by atoms with Crippen LogP contribution in [0.25, 0.3) is 0 Å². The lowest BCUT2D eigenvalue weighted by atomic mass is 10.3. The molecule has 2 rings (SSSR count). The molecule has 0 unspecified atom stereocenters. The lowest BCUT2D eigenvalue weighted by molar-refractivity contribution is -0.123. The highest BCUT2D eigenvalue weighted by Crippen LogP contribution is 2.22. The second-order valence-electron chi connectivity index (χ2n) is 4.84. The van der Waals surface area contributed by atoms with E-state index in [9.17, 15) is 4.79 Å². The monoisotopic (exact) mass is 387 g/mol. The molecule has 0 radical (unpaired) electrons. The van der Waals surface area contributed by atoms with Gasteiger partial charge in [-0.3, -0.25) is 4.79 Å². The van der Waals surface area contributed by atoms with Crippen molar-refractivity contribution in [3.63, 3.8) is 0 Å². The standard InChI is InChI=1S/C17H21N3O3.2ClH/c1-18-10-4-12-19-16(21)13-22-14-6-8-15(9-7-14)23-17-5-2-3-11-20-17;;/h2-3,5-9,11,18H,4,10,12-13H2,1H3,(H,19,21);2*1H. The van der Waals surface area contributed by atoms with E-state index in [-0.39, 0.29) is 37.3 Å². The van der Waals surface area contributed by atoms with Crippen LogP contribution in [0.4, 0.5) is 0 Å². The molecule has 0 aliphatic carbocycles. The first-order chi connectivity index (χ1) is 11.3. The Morgan fingerprint density at radius 3 is 2.40 bits per heavy atom. The summed E-state index contributed by atoms with van der Waals surface area (Å²) in [5.41, 5.74) is 0. The van der Waals surface area contributed by atoms with Crippen molar-refractivity contribution in [2.75, 3.05) is 26.7 Å². The number of nitrogens with one attached hydrogen (secondary N) is 2. The highest BCUT2D eigenvalue weighted by molar-refractivity contribution is 5.85. The predicted octanol–water partition coefficient (Wildman–Crippen LogP) is 2.82. The number of rotatable bonds is 9. The van der Waals surface area contributed by atoms with E-state index in [1.165, 1.54) is 0 Å². The fourth-order valence-corrected chi connectivity index (χ4v) is 1.83. The third-order valence-electron chi connectivity index (χ3n) is 2.98. The van der Waals surface area contributed by atoms with E-state index in [1.807, 2.05) is 19.2 Å². The topological polar surface area (TPSA) is 72.5 Å². The molecule has 0 atom stereocenters. The maximum atomic E-state index is 11.6. The molecule has 0 bridgehead atoms. The van der Waals surface area contributed by atoms with Crippen molar-refractivity contribution in [2.45, 2.75) is 6.42 Å². The number of hydrogen-bond acceptors (Lipinski definition) is 5. The van der Waals surface area contributed by atoms with E-state index in [1.54, 1.807) is 36.5 Å². The fraction of sp³-hybridized carbons (Fsp3) is 0.294. The smallest absolute Gasteiger partial charge is 0.257 e. The molecule has 0 saturated heterocycles. The first-order valence-corrected chi connectivity index (χ1v) is 7.51. The van der Waals surface area contributed by atoms with Crippen LogP contribution < -0.4 is 20.1 Å². The zero-order chi connectivity index (χ0) is 16.3. The number of ether oxygens (including phenoxy) is 2. The van der Waals surface area contributed by atoms with Gasteiger partial charge in [0.05, 0.1) is 0 Å². The molecule has 1 aromatic heterocycles. The molecule has 0 spiro atoms. The predicted molar refractivity (Wildman–Crippen MR) is 102 cm³/mol. The van der Waals surface area contributed by atoms with Gasteiger partial charge in [-0.2, -0.15) is 0 Å². The van der Waals surface area contributed by atoms with Crippen molar-refractivity contribution in [3.05, 3.63) is 48.7 Å². The van der Waals surface area contributed by atoms with Gasteiger partial charge in [-0.15, -0.1) is 24.8 Å². The van der Waals surface area contributed by atoms with Crippen molar-refractivity contribution in [1.82, 2.24) is 15.6 Å². The normalized spacial score (nSPS) is 9.32. The van der Waals surface area contributed by atoms with Gasteiger partial charge < -0.3 is 20.1 Å². The van der Waals surface area contributed by atoms with Crippen LogP contribution in [0, 0.1) is 0 Å². The summed E-state index contributed by atoms with van der Waals surface area (Å²) in [4.78, 5) is 15.7. The third kappa shape index (κ3) is 9.14. The molecule has 25 heavy (non-hydrogen) atoms. The quantitative estimate of drug-likeness (QED) is 0.647. The zero-order valence-corrected chi connectivity index (χ0v) is 15.6. The summed E-state index contributed by atoms with van der Waals surface area (Å²) >= 11 is 0. The highest BCUT2D eigenvalue weighted by atomic mass is 35.5. The van der Waals surface area contributed by atoms with Crippen molar-refractivity contribution in [2.24, 2.45) is 0 Å². The van der Waals surface area contributed by atoms with Gasteiger partial charge >= 0.3 is 0 Å². The van der Waals surface area contributed by atoms with Crippen molar-refractivity contribution < 1.29 is 14.3 Å². The van der Waals surface area contributed by atoms with E-state index in [0.29, 0.717) is 23.9 Å². The van der Waals surface area contributed by atoms with Crippen LogP contribution in [-0.2, 0) is 4.79 Å². The number of hydrogen-bond donors (Lipinski definition) is 2. The van der Waals surface area contributed by atoms with Gasteiger partial charge in [0.2, 0.25) is 5.88 Å². The number of amides is 1. The van der Waals surface area contributed by atoms with Gasteiger partial charge in [0.25, 0.3) is 5.91 Å². The van der Waals surface area contributed by atoms with Gasteiger partial charge in [0.1, 0.15) is 11.5 Å². The Morgan fingerprint density at radius 1 is 1.04 bits per heavy atom. The Bertz CT molecular complexity index is 598. The van der Waals surface area contributed by atoms with Crippen LogP contribution in [0.15, 0.2) is 48.7 Å². The number of halogens is 2. The summed E-state index contributed by atoms with van der Waals surface area (Å²) in [5, 5.41) is 5.82. The first-order valence-electron chi connectivity index (χ1n) is 7.51. The van der Waals surface area contributed by atoms with Gasteiger partial charge in [-0.25, -0.2) is 4.98 Å². The van der Waals surface area contributed by atoms with E-state index in [0.717, 1.165) is 13.0 Å². The molecule has 0 saturated carbocycles. The number of carbonyl (C=O) groups excluding carboxylic acids is 1. The van der Waals surface area contributed by atoms with Crippen LogP contribution in [0.2, 0.25) is 0 Å². The zero-order valence-electron chi connectivity index (χ0n) is 13.9. The van der Waals surface area contributed by atoms with E-state index >= 15 is 0 Å². The molecular formula is C17H23Cl2N3O3. The van der Waals surface area contributed by atoms with Gasteiger partial charge in [-0.05, 0) is 50.3 Å². The molecule has 8 heteroatoms. The molecule has 138 valence electrons. The van der Waals surface area contributed by atoms with E-state index in [4.69, 9.17) is 9.47 Å². The van der Waals surface area contributed by atoms with Crippen LogP contribution in [0.5, 0.6) is 17.4 Å². The minimum atomic E-state index is -0.130. The third-order valence-corrected chi connectivity index (χ3v) is 2.98. The second kappa shape index (κ2) is 13.3. The number of benzene rings is 1. The maximum Gasteiger partial charge on any atom is 0.257 e. The van der Waals surface area contributed by atoms with Crippen LogP contribution in [0.3, 0.4) is 0 Å². The van der Waals surface area contributed by atoms with E-state index < -0.39 is 0 Å². The molecule has 0 aliphatic heterocycles. The Balaban J connectivity index is 0.00000288. The van der Waals surface area contributed by atoms with Crippen molar-refractivity contribution in [3.8, 4) is 17.4 Å². The lowest BCUT2D eigenvalue weighted by Gasteiger charge is -2.08. The Morgan fingerprint density at radius 2 is 1.76 bits per heavy atom. The molecule has 2 N–H and O–H groups in total. The fourth-order valence-electron chi connectivity index (χ4n) is 1.83. The molecule has 0 fully saturated rings. The van der Waals surface area contributed by atoms with Gasteiger partial charge in [0.15, 0.2) is 6.61 Å². The Kier molecular flexibility index (Phi) is 12.2. The molecule has 0 aliphatic rings.